The van der Waals surface area contributed by atoms with Gasteiger partial charge in [0.2, 0.25) is 5.91 Å². The summed E-state index contributed by atoms with van der Waals surface area (Å²) in [7, 11) is 0. The molecule has 0 saturated carbocycles. The molecule has 1 aliphatic rings. The molecule has 3 N–H and O–H groups in total. The van der Waals surface area contributed by atoms with Crippen molar-refractivity contribution in [1.29, 1.82) is 0 Å². The third-order valence-corrected chi connectivity index (χ3v) is 4.05. The normalized spacial score (nSPS) is 26.6. The molecule has 0 radical (unpaired) electrons. The molecule has 20 heavy (non-hydrogen) atoms. The van der Waals surface area contributed by atoms with Crippen molar-refractivity contribution in [2.45, 2.75) is 39.2 Å². The lowest BCUT2D eigenvalue weighted by atomic mass is 9.84. The van der Waals surface area contributed by atoms with E-state index in [2.05, 4.69) is 26.1 Å². The topological polar surface area (TPSA) is 64.3 Å². The Balaban J connectivity index is 2.09. The zero-order valence-electron chi connectivity index (χ0n) is 12.7. The summed E-state index contributed by atoms with van der Waals surface area (Å²) in [5.74, 6) is -0.0778. The quantitative estimate of drug-likeness (QED) is 0.871. The summed E-state index contributed by atoms with van der Waals surface area (Å²) in [6.07, 6.45) is 0. The van der Waals surface area contributed by atoms with Gasteiger partial charge in [-0.2, -0.15) is 0 Å². The first-order valence-electron chi connectivity index (χ1n) is 6.99. The van der Waals surface area contributed by atoms with Crippen molar-refractivity contribution in [3.05, 3.63) is 29.8 Å². The molecule has 110 valence electrons. The zero-order valence-corrected chi connectivity index (χ0v) is 12.7. The van der Waals surface area contributed by atoms with Crippen LogP contribution < -0.4 is 11.1 Å². The molecule has 0 aromatic heterocycles. The first-order chi connectivity index (χ1) is 9.23. The standard InChI is InChI=1S/C16H24N2O2/c1-15(2,3)11-5-7-12(8-6-11)18-14(19)16(4)10-20-9-13(16)17/h5-8,13H,9-10,17H2,1-4H3,(H,18,19). The Morgan fingerprint density at radius 2 is 1.95 bits per heavy atom. The SMILES string of the molecule is CC(C)(C)c1ccc(NC(=O)C2(C)COCC2N)cc1. The number of benzene rings is 1. The smallest absolute Gasteiger partial charge is 0.234 e. The predicted octanol–water partition coefficient (Wildman–Crippen LogP) is 2.29. The van der Waals surface area contributed by atoms with Gasteiger partial charge in [-0.15, -0.1) is 0 Å². The van der Waals surface area contributed by atoms with Crippen molar-refractivity contribution in [2.24, 2.45) is 11.1 Å². The van der Waals surface area contributed by atoms with E-state index < -0.39 is 5.41 Å². The van der Waals surface area contributed by atoms with E-state index in [-0.39, 0.29) is 17.4 Å². The van der Waals surface area contributed by atoms with Gasteiger partial charge in [0.25, 0.3) is 0 Å². The van der Waals surface area contributed by atoms with Crippen LogP contribution in [0.5, 0.6) is 0 Å². The number of amides is 1. The third-order valence-electron chi connectivity index (χ3n) is 4.05. The van der Waals surface area contributed by atoms with Crippen LogP contribution in [0.4, 0.5) is 5.69 Å². The molecule has 1 fully saturated rings. The van der Waals surface area contributed by atoms with E-state index in [0.29, 0.717) is 13.2 Å². The van der Waals surface area contributed by atoms with E-state index in [0.717, 1.165) is 5.69 Å². The molecule has 2 atom stereocenters. The van der Waals surface area contributed by atoms with Gasteiger partial charge in [-0.25, -0.2) is 0 Å². The Kier molecular flexibility index (Phi) is 3.89. The minimum absolute atomic E-state index is 0.0778. The predicted molar refractivity (Wildman–Crippen MR) is 80.7 cm³/mol. The molecule has 4 nitrogen and oxygen atoms in total. The summed E-state index contributed by atoms with van der Waals surface area (Å²) in [5, 5.41) is 2.93. The Labute approximate surface area is 120 Å². The van der Waals surface area contributed by atoms with Gasteiger partial charge in [0.05, 0.1) is 18.6 Å². The van der Waals surface area contributed by atoms with E-state index >= 15 is 0 Å². The second-order valence-corrected chi connectivity index (χ2v) is 6.82. The molecule has 1 aliphatic heterocycles. The highest BCUT2D eigenvalue weighted by Crippen LogP contribution is 2.29. The molecular weight excluding hydrogens is 252 g/mol. The highest BCUT2D eigenvalue weighted by molar-refractivity contribution is 5.96. The Bertz CT molecular complexity index is 490. The molecule has 1 saturated heterocycles. The highest BCUT2D eigenvalue weighted by atomic mass is 16.5. The van der Waals surface area contributed by atoms with Crippen molar-refractivity contribution < 1.29 is 9.53 Å². The van der Waals surface area contributed by atoms with E-state index in [4.69, 9.17) is 10.5 Å². The Morgan fingerprint density at radius 1 is 1.35 bits per heavy atom. The van der Waals surface area contributed by atoms with Gasteiger partial charge in [-0.3, -0.25) is 4.79 Å². The minimum Gasteiger partial charge on any atom is -0.379 e. The summed E-state index contributed by atoms with van der Waals surface area (Å²) in [6.45, 7) is 9.15. The van der Waals surface area contributed by atoms with Crippen LogP contribution in [0, 0.1) is 5.41 Å². The summed E-state index contributed by atoms with van der Waals surface area (Å²) in [4.78, 5) is 12.4. The summed E-state index contributed by atoms with van der Waals surface area (Å²) >= 11 is 0. The summed E-state index contributed by atoms with van der Waals surface area (Å²) < 4.78 is 5.31. The lowest BCUT2D eigenvalue weighted by Gasteiger charge is -2.25. The molecule has 0 aliphatic carbocycles. The summed E-state index contributed by atoms with van der Waals surface area (Å²) in [6, 6.07) is 7.70. The fourth-order valence-corrected chi connectivity index (χ4v) is 2.25. The number of ether oxygens (including phenoxy) is 1. The van der Waals surface area contributed by atoms with Crippen molar-refractivity contribution >= 4 is 11.6 Å². The van der Waals surface area contributed by atoms with E-state index in [1.165, 1.54) is 5.56 Å². The van der Waals surface area contributed by atoms with Gasteiger partial charge in [0.1, 0.15) is 0 Å². The van der Waals surface area contributed by atoms with E-state index in [1.54, 1.807) is 0 Å². The van der Waals surface area contributed by atoms with Crippen LogP contribution in [0.3, 0.4) is 0 Å². The van der Waals surface area contributed by atoms with Crippen LogP contribution in [-0.4, -0.2) is 25.2 Å². The van der Waals surface area contributed by atoms with Crippen molar-refractivity contribution in [2.75, 3.05) is 18.5 Å². The number of anilines is 1. The molecular formula is C16H24N2O2. The number of nitrogens with two attached hydrogens (primary N) is 1. The van der Waals surface area contributed by atoms with Gasteiger partial charge in [0, 0.05) is 11.7 Å². The fraction of sp³-hybridized carbons (Fsp3) is 0.562. The maximum Gasteiger partial charge on any atom is 0.234 e. The molecule has 1 heterocycles. The molecule has 0 spiro atoms. The Hall–Kier alpha value is -1.39. The van der Waals surface area contributed by atoms with E-state index in [1.807, 2.05) is 31.2 Å². The number of nitrogens with one attached hydrogen (secondary N) is 1. The molecule has 0 bridgehead atoms. The lowest BCUT2D eigenvalue weighted by molar-refractivity contribution is -0.125. The van der Waals surface area contributed by atoms with Crippen molar-refractivity contribution in [3.63, 3.8) is 0 Å². The van der Waals surface area contributed by atoms with Gasteiger partial charge in [-0.1, -0.05) is 32.9 Å². The highest BCUT2D eigenvalue weighted by Gasteiger charge is 2.44. The maximum absolute atomic E-state index is 12.4. The maximum atomic E-state index is 12.4. The average molecular weight is 276 g/mol. The first kappa shape index (κ1) is 15.0. The second kappa shape index (κ2) is 5.19. The van der Waals surface area contributed by atoms with Gasteiger partial charge < -0.3 is 15.8 Å². The molecule has 2 rings (SSSR count). The van der Waals surface area contributed by atoms with Crippen LogP contribution in [0.15, 0.2) is 24.3 Å². The second-order valence-electron chi connectivity index (χ2n) is 6.82. The number of hydrogen-bond acceptors (Lipinski definition) is 3. The largest absolute Gasteiger partial charge is 0.379 e. The average Bonchev–Trinajstić information content (AvgIpc) is 2.70. The fourth-order valence-electron chi connectivity index (χ4n) is 2.25. The van der Waals surface area contributed by atoms with Gasteiger partial charge in [-0.05, 0) is 30.0 Å². The molecule has 1 aromatic rings. The molecule has 1 amide bonds. The van der Waals surface area contributed by atoms with Crippen LogP contribution in [0.1, 0.15) is 33.3 Å². The number of carbonyl (C=O) groups excluding carboxylic acids is 1. The van der Waals surface area contributed by atoms with Crippen LogP contribution in [0.25, 0.3) is 0 Å². The zero-order chi connectivity index (χ0) is 15.0. The van der Waals surface area contributed by atoms with E-state index in [9.17, 15) is 4.79 Å². The molecule has 4 heteroatoms. The summed E-state index contributed by atoms with van der Waals surface area (Å²) in [5.41, 5.74) is 7.45. The third kappa shape index (κ3) is 2.86. The van der Waals surface area contributed by atoms with Crippen molar-refractivity contribution in [1.82, 2.24) is 0 Å². The minimum atomic E-state index is -0.650. The monoisotopic (exact) mass is 276 g/mol. The van der Waals surface area contributed by atoms with Gasteiger partial charge in [0.15, 0.2) is 0 Å². The molecule has 1 aromatic carbocycles. The van der Waals surface area contributed by atoms with Crippen LogP contribution in [0.2, 0.25) is 0 Å². The van der Waals surface area contributed by atoms with Gasteiger partial charge >= 0.3 is 0 Å². The molecule has 2 unspecified atom stereocenters. The number of hydrogen-bond donors (Lipinski definition) is 2. The van der Waals surface area contributed by atoms with Crippen LogP contribution in [-0.2, 0) is 14.9 Å². The first-order valence-corrected chi connectivity index (χ1v) is 6.99. The Morgan fingerprint density at radius 3 is 2.40 bits per heavy atom. The van der Waals surface area contributed by atoms with Crippen LogP contribution >= 0.6 is 0 Å². The lowest BCUT2D eigenvalue weighted by Crippen LogP contribution is -2.47. The number of carbonyl (C=O) groups is 1. The van der Waals surface area contributed by atoms with Crippen molar-refractivity contribution in [3.8, 4) is 0 Å². The number of rotatable bonds is 2.